The number of amides is 2. The number of hydrogen-bond donors (Lipinski definition) is 0. The number of benzene rings is 2. The number of hydrogen-bond acceptors (Lipinski definition) is 6. The Morgan fingerprint density at radius 2 is 1.95 bits per heavy atom. The third-order valence-electron chi connectivity index (χ3n) is 6.81. The van der Waals surface area contributed by atoms with Crippen LogP contribution in [0, 0.1) is 18.7 Å². The van der Waals surface area contributed by atoms with Crippen molar-refractivity contribution >= 4 is 68.2 Å². The predicted molar refractivity (Wildman–Crippen MR) is 148 cm³/mol. The molecule has 0 aliphatic carbocycles. The highest BCUT2D eigenvalue weighted by Gasteiger charge is 2.38. The van der Waals surface area contributed by atoms with Crippen LogP contribution in [0.5, 0.6) is 0 Å². The normalized spacial score (nSPS) is 18.3. The van der Waals surface area contributed by atoms with Gasteiger partial charge in [0, 0.05) is 49.9 Å². The number of aryl methyl sites for hydroxylation is 1. The lowest BCUT2D eigenvalue weighted by Crippen LogP contribution is -2.41. The monoisotopic (exact) mass is 566 g/mol. The van der Waals surface area contributed by atoms with Gasteiger partial charge in [-0.1, -0.05) is 22.9 Å². The number of halogens is 3. The first-order chi connectivity index (χ1) is 17.4. The number of thiazole rings is 1. The standard InChI is InChI=1S/C26H28ClFN4O3S.ClH/c1-17-21(27)7-8-22-24(17)29-26(36-22)31(10-2-9-30-11-13-35-14-12-30)25(34)18-15-23(33)32(16-18)20-5-3-19(28)4-6-20;/h3-8,18H,2,9-16H2,1H3;1H. The van der Waals surface area contributed by atoms with Gasteiger partial charge in [0.15, 0.2) is 5.13 Å². The van der Waals surface area contributed by atoms with Crippen LogP contribution in [0.4, 0.5) is 15.2 Å². The molecule has 1 unspecified atom stereocenters. The smallest absolute Gasteiger partial charge is 0.234 e. The van der Waals surface area contributed by atoms with Gasteiger partial charge in [-0.2, -0.15) is 0 Å². The zero-order valence-electron chi connectivity index (χ0n) is 20.5. The number of ether oxygens (including phenoxy) is 1. The molecule has 3 heterocycles. The number of aromatic nitrogens is 1. The van der Waals surface area contributed by atoms with E-state index in [1.54, 1.807) is 21.9 Å². The number of fused-ring (bicyclic) bond motifs is 1. The maximum atomic E-state index is 13.8. The Bertz CT molecular complexity index is 1270. The molecule has 0 N–H and O–H groups in total. The van der Waals surface area contributed by atoms with Crippen molar-refractivity contribution in [1.29, 1.82) is 0 Å². The summed E-state index contributed by atoms with van der Waals surface area (Å²) in [5.41, 5.74) is 2.28. The van der Waals surface area contributed by atoms with Crippen molar-refractivity contribution in [3.8, 4) is 0 Å². The lowest BCUT2D eigenvalue weighted by atomic mass is 10.1. The van der Waals surface area contributed by atoms with Crippen molar-refractivity contribution in [2.75, 3.05) is 55.7 Å². The minimum Gasteiger partial charge on any atom is -0.379 e. The van der Waals surface area contributed by atoms with Crippen LogP contribution < -0.4 is 9.80 Å². The molecule has 1 atom stereocenters. The van der Waals surface area contributed by atoms with Crippen molar-refractivity contribution in [1.82, 2.24) is 9.88 Å². The lowest BCUT2D eigenvalue weighted by molar-refractivity contribution is -0.124. The lowest BCUT2D eigenvalue weighted by Gasteiger charge is -2.28. The molecule has 0 saturated carbocycles. The van der Waals surface area contributed by atoms with Gasteiger partial charge in [-0.05, 0) is 55.3 Å². The van der Waals surface area contributed by atoms with Gasteiger partial charge >= 0.3 is 0 Å². The molecule has 198 valence electrons. The van der Waals surface area contributed by atoms with Gasteiger partial charge in [0.2, 0.25) is 11.8 Å². The van der Waals surface area contributed by atoms with Crippen molar-refractivity contribution in [2.24, 2.45) is 5.92 Å². The molecule has 7 nitrogen and oxygen atoms in total. The Balaban J connectivity index is 0.00000320. The average Bonchev–Trinajstić information content (AvgIpc) is 3.49. The van der Waals surface area contributed by atoms with Crippen LogP contribution in [-0.2, 0) is 14.3 Å². The number of anilines is 2. The molecule has 2 aromatic carbocycles. The largest absolute Gasteiger partial charge is 0.379 e. The Labute approximate surface area is 230 Å². The quantitative estimate of drug-likeness (QED) is 0.405. The van der Waals surface area contributed by atoms with Gasteiger partial charge in [0.05, 0.1) is 29.3 Å². The van der Waals surface area contributed by atoms with Crippen LogP contribution in [0.15, 0.2) is 36.4 Å². The molecular weight excluding hydrogens is 538 g/mol. The summed E-state index contributed by atoms with van der Waals surface area (Å²) < 4.78 is 19.8. The summed E-state index contributed by atoms with van der Waals surface area (Å²) in [7, 11) is 0. The minimum absolute atomic E-state index is 0. The van der Waals surface area contributed by atoms with Crippen LogP contribution in [-0.4, -0.2) is 67.6 Å². The topological polar surface area (TPSA) is 66.0 Å². The zero-order chi connectivity index (χ0) is 25.2. The fourth-order valence-corrected chi connectivity index (χ4v) is 5.95. The maximum Gasteiger partial charge on any atom is 0.234 e. The van der Waals surface area contributed by atoms with Gasteiger partial charge in [0.25, 0.3) is 0 Å². The molecule has 37 heavy (non-hydrogen) atoms. The van der Waals surface area contributed by atoms with E-state index in [0.717, 1.165) is 55.0 Å². The van der Waals surface area contributed by atoms with E-state index in [9.17, 15) is 14.0 Å². The summed E-state index contributed by atoms with van der Waals surface area (Å²) >= 11 is 7.78. The van der Waals surface area contributed by atoms with Gasteiger partial charge in [0.1, 0.15) is 5.82 Å². The molecule has 1 aromatic heterocycles. The fourth-order valence-electron chi connectivity index (χ4n) is 4.75. The SMILES string of the molecule is Cc1c(Cl)ccc2sc(N(CCCN3CCOCC3)C(=O)C3CC(=O)N(c4ccc(F)cc4)C3)nc12.Cl. The second-order valence-electron chi connectivity index (χ2n) is 9.19. The summed E-state index contributed by atoms with van der Waals surface area (Å²) in [5.74, 6) is -1.11. The van der Waals surface area contributed by atoms with Gasteiger partial charge in [-0.25, -0.2) is 9.37 Å². The van der Waals surface area contributed by atoms with Gasteiger partial charge < -0.3 is 9.64 Å². The Morgan fingerprint density at radius 3 is 2.68 bits per heavy atom. The van der Waals surface area contributed by atoms with Crippen molar-refractivity contribution in [3.05, 3.63) is 52.8 Å². The number of carbonyl (C=O) groups is 2. The van der Waals surface area contributed by atoms with Crippen LogP contribution in [0.3, 0.4) is 0 Å². The van der Waals surface area contributed by atoms with Crippen LogP contribution in [0.1, 0.15) is 18.4 Å². The average molecular weight is 568 g/mol. The molecule has 2 fully saturated rings. The molecule has 3 aromatic rings. The van der Waals surface area contributed by atoms with E-state index in [1.165, 1.54) is 23.5 Å². The van der Waals surface area contributed by atoms with Gasteiger partial charge in [-0.3, -0.25) is 19.4 Å². The Kier molecular flexibility index (Phi) is 9.03. The molecule has 11 heteroatoms. The maximum absolute atomic E-state index is 13.8. The van der Waals surface area contributed by atoms with Crippen molar-refractivity contribution < 1.29 is 18.7 Å². The summed E-state index contributed by atoms with van der Waals surface area (Å²) in [6.45, 7) is 6.77. The highest BCUT2D eigenvalue weighted by Crippen LogP contribution is 2.35. The highest BCUT2D eigenvalue weighted by atomic mass is 35.5. The number of morpholine rings is 1. The van der Waals surface area contributed by atoms with Gasteiger partial charge in [-0.15, -0.1) is 12.4 Å². The fraction of sp³-hybridized carbons (Fsp3) is 0.423. The van der Waals surface area contributed by atoms with E-state index in [-0.39, 0.29) is 43.0 Å². The van der Waals surface area contributed by atoms with E-state index < -0.39 is 5.92 Å². The number of carbonyl (C=O) groups excluding carboxylic acids is 2. The molecule has 2 amide bonds. The number of nitrogens with zero attached hydrogens (tertiary/aromatic N) is 4. The van der Waals surface area contributed by atoms with Crippen LogP contribution in [0.2, 0.25) is 5.02 Å². The van der Waals surface area contributed by atoms with Crippen molar-refractivity contribution in [2.45, 2.75) is 19.8 Å². The number of rotatable bonds is 7. The van der Waals surface area contributed by atoms with Crippen molar-refractivity contribution in [3.63, 3.8) is 0 Å². The molecule has 5 rings (SSSR count). The zero-order valence-corrected chi connectivity index (χ0v) is 22.9. The van der Waals surface area contributed by atoms with Crippen LogP contribution >= 0.6 is 35.3 Å². The molecule has 0 radical (unpaired) electrons. The second kappa shape index (κ2) is 12.0. The summed E-state index contributed by atoms with van der Waals surface area (Å²) in [6, 6.07) is 9.56. The summed E-state index contributed by atoms with van der Waals surface area (Å²) in [4.78, 5) is 37.1. The van der Waals surface area contributed by atoms with E-state index in [2.05, 4.69) is 4.90 Å². The molecule has 2 aliphatic rings. The Hall–Kier alpha value is -2.30. The minimum atomic E-state index is -0.498. The molecule has 0 spiro atoms. The molecular formula is C26H29Cl2FN4O3S. The second-order valence-corrected chi connectivity index (χ2v) is 10.6. The predicted octanol–water partition coefficient (Wildman–Crippen LogP) is 4.93. The Morgan fingerprint density at radius 1 is 1.22 bits per heavy atom. The first-order valence-corrected chi connectivity index (χ1v) is 13.3. The molecule has 2 aliphatic heterocycles. The third-order valence-corrected chi connectivity index (χ3v) is 8.26. The van der Waals surface area contributed by atoms with E-state index >= 15 is 0 Å². The van der Waals surface area contributed by atoms with E-state index in [0.29, 0.717) is 22.4 Å². The first kappa shape index (κ1) is 27.7. The molecule has 2 saturated heterocycles. The first-order valence-electron chi connectivity index (χ1n) is 12.1. The van der Waals surface area contributed by atoms with E-state index in [4.69, 9.17) is 21.3 Å². The highest BCUT2D eigenvalue weighted by molar-refractivity contribution is 7.22. The van der Waals surface area contributed by atoms with E-state index in [1.807, 2.05) is 19.1 Å². The summed E-state index contributed by atoms with van der Waals surface area (Å²) in [6.07, 6.45) is 0.898. The van der Waals surface area contributed by atoms with Crippen LogP contribution in [0.25, 0.3) is 10.2 Å². The third kappa shape index (κ3) is 6.07. The summed E-state index contributed by atoms with van der Waals surface area (Å²) in [5, 5.41) is 1.26. The molecule has 0 bridgehead atoms.